The number of aromatic amines is 1. The molecule has 10 heteroatoms. The first-order chi connectivity index (χ1) is 8.82. The van der Waals surface area contributed by atoms with Crippen LogP contribution in [0.5, 0.6) is 0 Å². The van der Waals surface area contributed by atoms with Crippen molar-refractivity contribution in [3.05, 3.63) is 39.6 Å². The Labute approximate surface area is 100 Å². The third kappa shape index (κ3) is 2.00. The Kier molecular flexibility index (Phi) is 2.92. The average molecular weight is 278 g/mol. The molecule has 0 fully saturated rings. The van der Waals surface area contributed by atoms with Gasteiger partial charge in [0.2, 0.25) is 11.8 Å². The van der Waals surface area contributed by atoms with Crippen LogP contribution in [-0.4, -0.2) is 15.0 Å². The minimum absolute atomic E-state index is 0.678. The molecular formula is C9H3F5N4O. The summed E-state index contributed by atoms with van der Waals surface area (Å²) in [5.74, 6) is -12.5. The zero-order chi connectivity index (χ0) is 14.3. The molecule has 0 saturated carbocycles. The Morgan fingerprint density at radius 3 is 1.79 bits per heavy atom. The second-order valence-electron chi connectivity index (χ2n) is 3.31. The van der Waals surface area contributed by atoms with Crippen LogP contribution in [0.1, 0.15) is 0 Å². The van der Waals surface area contributed by atoms with Crippen molar-refractivity contribution >= 4 is 5.95 Å². The van der Waals surface area contributed by atoms with Crippen molar-refractivity contribution in [1.29, 1.82) is 0 Å². The summed E-state index contributed by atoms with van der Waals surface area (Å²) in [6.07, 6.45) is 0. The van der Waals surface area contributed by atoms with E-state index < -0.39 is 52.1 Å². The van der Waals surface area contributed by atoms with Crippen molar-refractivity contribution in [1.82, 2.24) is 15.0 Å². The minimum atomic E-state index is -2.32. The summed E-state index contributed by atoms with van der Waals surface area (Å²) < 4.78 is 65.6. The minimum Gasteiger partial charge on any atom is -0.368 e. The Bertz CT molecular complexity index is 700. The lowest BCUT2D eigenvalue weighted by Gasteiger charge is -2.07. The second-order valence-corrected chi connectivity index (χ2v) is 3.31. The Morgan fingerprint density at radius 1 is 0.842 bits per heavy atom. The van der Waals surface area contributed by atoms with E-state index in [4.69, 9.17) is 5.73 Å². The standard InChI is InChI=1S/C9H3F5N4O/c10-2-1(3(11)5(13)6(14)4(2)12)7-16-8(15)18-9(19)17-7/h(H3,15,16,17,18,19). The molecule has 0 aliphatic rings. The van der Waals surface area contributed by atoms with Crippen molar-refractivity contribution < 1.29 is 22.0 Å². The van der Waals surface area contributed by atoms with Crippen LogP contribution in [0.25, 0.3) is 11.4 Å². The maximum absolute atomic E-state index is 13.4. The molecule has 2 rings (SSSR count). The van der Waals surface area contributed by atoms with Gasteiger partial charge in [-0.15, -0.1) is 0 Å². The van der Waals surface area contributed by atoms with Crippen molar-refractivity contribution in [3.8, 4) is 11.4 Å². The number of halogens is 5. The third-order valence-electron chi connectivity index (χ3n) is 2.11. The molecule has 0 aliphatic heterocycles. The van der Waals surface area contributed by atoms with Gasteiger partial charge in [-0.1, -0.05) is 0 Å². The van der Waals surface area contributed by atoms with Crippen LogP contribution in [0.4, 0.5) is 27.9 Å². The van der Waals surface area contributed by atoms with E-state index in [0.29, 0.717) is 0 Å². The first-order valence-corrected chi connectivity index (χ1v) is 4.58. The molecule has 1 aromatic heterocycles. The average Bonchev–Trinajstić information content (AvgIpc) is 2.33. The van der Waals surface area contributed by atoms with Gasteiger partial charge in [-0.25, -0.2) is 26.7 Å². The van der Waals surface area contributed by atoms with Crippen LogP contribution in [0.3, 0.4) is 0 Å². The molecule has 0 unspecified atom stereocenters. The summed E-state index contributed by atoms with van der Waals surface area (Å²) in [7, 11) is 0. The second kappa shape index (κ2) is 4.30. The monoisotopic (exact) mass is 278 g/mol. The Hall–Kier alpha value is -2.52. The van der Waals surface area contributed by atoms with Crippen LogP contribution in [0, 0.1) is 29.1 Å². The summed E-state index contributed by atoms with van der Waals surface area (Å²) in [5, 5.41) is 0. The maximum Gasteiger partial charge on any atom is 0.349 e. The number of nitrogens with one attached hydrogen (secondary N) is 1. The van der Waals surface area contributed by atoms with Gasteiger partial charge < -0.3 is 5.73 Å². The zero-order valence-electron chi connectivity index (χ0n) is 8.77. The Morgan fingerprint density at radius 2 is 1.32 bits per heavy atom. The summed E-state index contributed by atoms with van der Waals surface area (Å²) in [5.41, 5.74) is 2.52. The number of nitrogens with two attached hydrogens (primary N) is 1. The molecule has 5 nitrogen and oxygen atoms in total. The van der Waals surface area contributed by atoms with Gasteiger partial charge in [0.05, 0.1) is 5.56 Å². The fourth-order valence-corrected chi connectivity index (χ4v) is 1.33. The summed E-state index contributed by atoms with van der Waals surface area (Å²) in [6.45, 7) is 0. The number of H-pyrrole nitrogens is 1. The molecule has 0 aliphatic carbocycles. The Balaban J connectivity index is 2.86. The highest BCUT2D eigenvalue weighted by Gasteiger charge is 2.28. The molecule has 0 bridgehead atoms. The summed E-state index contributed by atoms with van der Waals surface area (Å²) >= 11 is 0. The highest BCUT2D eigenvalue weighted by atomic mass is 19.2. The number of benzene rings is 1. The van der Waals surface area contributed by atoms with Crippen LogP contribution in [0.2, 0.25) is 0 Å². The summed E-state index contributed by atoms with van der Waals surface area (Å²) in [4.78, 5) is 18.9. The van der Waals surface area contributed by atoms with Crippen LogP contribution in [0.15, 0.2) is 4.79 Å². The molecule has 19 heavy (non-hydrogen) atoms. The van der Waals surface area contributed by atoms with E-state index in [1.165, 1.54) is 0 Å². The SMILES string of the molecule is Nc1nc(-c2c(F)c(F)c(F)c(F)c2F)[nH]c(=O)n1. The van der Waals surface area contributed by atoms with Crippen molar-refractivity contribution in [2.75, 3.05) is 5.73 Å². The van der Waals surface area contributed by atoms with Gasteiger partial charge in [0.25, 0.3) is 0 Å². The molecule has 1 aromatic carbocycles. The van der Waals surface area contributed by atoms with E-state index in [1.54, 1.807) is 4.98 Å². The van der Waals surface area contributed by atoms with E-state index in [1.807, 2.05) is 0 Å². The predicted molar refractivity (Wildman–Crippen MR) is 52.3 cm³/mol. The molecule has 2 aromatic rings. The van der Waals surface area contributed by atoms with Crippen LogP contribution >= 0.6 is 0 Å². The maximum atomic E-state index is 13.4. The lowest BCUT2D eigenvalue weighted by molar-refractivity contribution is 0.380. The fraction of sp³-hybridized carbons (Fsp3) is 0. The molecule has 3 N–H and O–H groups in total. The van der Waals surface area contributed by atoms with Crippen LogP contribution < -0.4 is 11.4 Å². The van der Waals surface area contributed by atoms with Gasteiger partial charge in [-0.2, -0.15) is 9.97 Å². The van der Waals surface area contributed by atoms with E-state index in [0.717, 1.165) is 0 Å². The van der Waals surface area contributed by atoms with E-state index >= 15 is 0 Å². The number of nitrogens with zero attached hydrogens (tertiary/aromatic N) is 2. The first-order valence-electron chi connectivity index (χ1n) is 4.58. The van der Waals surface area contributed by atoms with Gasteiger partial charge in [-0.3, -0.25) is 4.98 Å². The third-order valence-corrected chi connectivity index (χ3v) is 2.11. The lowest BCUT2D eigenvalue weighted by Crippen LogP contribution is -2.17. The number of hydrogen-bond donors (Lipinski definition) is 2. The number of nitrogen functional groups attached to an aromatic ring is 1. The normalized spacial score (nSPS) is 10.8. The molecule has 0 atom stereocenters. The van der Waals surface area contributed by atoms with Crippen molar-refractivity contribution in [2.24, 2.45) is 0 Å². The molecule has 0 spiro atoms. The van der Waals surface area contributed by atoms with E-state index in [9.17, 15) is 26.7 Å². The molecule has 0 amide bonds. The largest absolute Gasteiger partial charge is 0.368 e. The topological polar surface area (TPSA) is 84.7 Å². The van der Waals surface area contributed by atoms with E-state index in [2.05, 4.69) is 9.97 Å². The fourth-order valence-electron chi connectivity index (χ4n) is 1.33. The van der Waals surface area contributed by atoms with Gasteiger partial charge in [-0.05, 0) is 0 Å². The van der Waals surface area contributed by atoms with Gasteiger partial charge >= 0.3 is 5.69 Å². The van der Waals surface area contributed by atoms with Crippen LogP contribution in [-0.2, 0) is 0 Å². The quantitative estimate of drug-likeness (QED) is 0.465. The molecule has 0 saturated heterocycles. The number of aromatic nitrogens is 3. The number of hydrogen-bond acceptors (Lipinski definition) is 4. The first kappa shape index (κ1) is 12.9. The highest BCUT2D eigenvalue weighted by molar-refractivity contribution is 5.58. The van der Waals surface area contributed by atoms with Crippen molar-refractivity contribution in [2.45, 2.75) is 0 Å². The lowest BCUT2D eigenvalue weighted by atomic mass is 10.1. The predicted octanol–water partition coefficient (Wildman–Crippen LogP) is 1.11. The molecule has 0 radical (unpaired) electrons. The van der Waals surface area contributed by atoms with Gasteiger partial charge in [0.1, 0.15) is 0 Å². The zero-order valence-corrected chi connectivity index (χ0v) is 8.77. The number of anilines is 1. The van der Waals surface area contributed by atoms with Crippen molar-refractivity contribution in [3.63, 3.8) is 0 Å². The smallest absolute Gasteiger partial charge is 0.349 e. The van der Waals surface area contributed by atoms with E-state index in [-0.39, 0.29) is 0 Å². The number of rotatable bonds is 1. The molecule has 100 valence electrons. The van der Waals surface area contributed by atoms with Gasteiger partial charge in [0.15, 0.2) is 29.1 Å². The van der Waals surface area contributed by atoms with Gasteiger partial charge in [0, 0.05) is 0 Å². The molecular weight excluding hydrogens is 275 g/mol. The molecule has 1 heterocycles. The summed E-state index contributed by atoms with van der Waals surface area (Å²) in [6, 6.07) is 0. The highest BCUT2D eigenvalue weighted by Crippen LogP contribution is 2.28.